The topological polar surface area (TPSA) is 67.4 Å². The predicted molar refractivity (Wildman–Crippen MR) is 122 cm³/mol. The summed E-state index contributed by atoms with van der Waals surface area (Å²) in [5, 5.41) is 3.51. The number of hydrogen-bond donors (Lipinski definition) is 2. The van der Waals surface area contributed by atoms with Crippen LogP contribution in [0.4, 0.5) is 0 Å². The molecule has 0 saturated heterocycles. The zero-order chi connectivity index (χ0) is 21.2. The van der Waals surface area contributed by atoms with Gasteiger partial charge >= 0.3 is 0 Å². The van der Waals surface area contributed by atoms with Crippen LogP contribution >= 0.6 is 0 Å². The molecule has 0 amide bonds. The van der Waals surface area contributed by atoms with Crippen molar-refractivity contribution in [1.82, 2.24) is 10.0 Å². The van der Waals surface area contributed by atoms with E-state index in [0.29, 0.717) is 19.8 Å². The van der Waals surface area contributed by atoms with Gasteiger partial charge in [0.1, 0.15) is 0 Å². The van der Waals surface area contributed by atoms with Crippen LogP contribution in [0.1, 0.15) is 36.1 Å². The fourth-order valence-corrected chi connectivity index (χ4v) is 4.30. The van der Waals surface area contributed by atoms with Gasteiger partial charge in [-0.05, 0) is 29.5 Å². The lowest BCUT2D eigenvalue weighted by Crippen LogP contribution is -2.39. The van der Waals surface area contributed by atoms with Crippen molar-refractivity contribution < 1.29 is 13.2 Å². The van der Waals surface area contributed by atoms with E-state index >= 15 is 0 Å². The second-order valence-electron chi connectivity index (χ2n) is 7.45. The molecule has 5 nitrogen and oxygen atoms in total. The zero-order valence-corrected chi connectivity index (χ0v) is 18.1. The van der Waals surface area contributed by atoms with E-state index < -0.39 is 16.1 Å². The van der Waals surface area contributed by atoms with Crippen LogP contribution in [-0.2, 0) is 14.8 Å². The summed E-state index contributed by atoms with van der Waals surface area (Å²) in [7, 11) is -3.41. The Morgan fingerprint density at radius 1 is 0.933 bits per heavy atom. The highest BCUT2D eigenvalue weighted by Gasteiger charge is 2.27. The molecule has 0 aromatic heterocycles. The summed E-state index contributed by atoms with van der Waals surface area (Å²) < 4.78 is 32.9. The van der Waals surface area contributed by atoms with Gasteiger partial charge in [0.2, 0.25) is 10.0 Å². The van der Waals surface area contributed by atoms with Gasteiger partial charge in [-0.15, -0.1) is 0 Å². The largest absolute Gasteiger partial charge is 0.376 e. The van der Waals surface area contributed by atoms with Crippen LogP contribution in [0.5, 0.6) is 0 Å². The van der Waals surface area contributed by atoms with E-state index in [1.807, 2.05) is 60.7 Å². The van der Waals surface area contributed by atoms with E-state index in [1.165, 1.54) is 11.8 Å². The third kappa shape index (κ3) is 7.22. The van der Waals surface area contributed by atoms with Crippen molar-refractivity contribution in [2.45, 2.75) is 24.9 Å². The van der Waals surface area contributed by atoms with Gasteiger partial charge in [0.15, 0.2) is 0 Å². The molecule has 0 bridgehead atoms. The Labute approximate surface area is 179 Å². The molecule has 0 saturated carbocycles. The summed E-state index contributed by atoms with van der Waals surface area (Å²) in [5.74, 6) is 0. The molecule has 6 heteroatoms. The van der Waals surface area contributed by atoms with Crippen molar-refractivity contribution in [3.63, 3.8) is 0 Å². The summed E-state index contributed by atoms with van der Waals surface area (Å²) in [5.41, 5.74) is 3.23. The van der Waals surface area contributed by atoms with Gasteiger partial charge in [-0.2, -0.15) is 0 Å². The van der Waals surface area contributed by atoms with Gasteiger partial charge in [-0.3, -0.25) is 0 Å². The number of sulfonamides is 1. The quantitative estimate of drug-likeness (QED) is 0.422. The standard InChI is InChI=1S/C24H30N2O3S/c1-30(27,28)26-24(22-15-9-4-10-16-22)23(21-13-7-3-8-14-21)25-17-18-29-19-20-11-5-2-6-12-20/h2-5,7-10,12-16,23-26H,6,11,17-19H2,1H3/t23-,24-/m1/s1. The Morgan fingerprint density at radius 3 is 2.13 bits per heavy atom. The van der Waals surface area contributed by atoms with Gasteiger partial charge in [-0.1, -0.05) is 78.9 Å². The molecule has 3 rings (SSSR count). The molecule has 0 spiro atoms. The molecular formula is C24H30N2O3S. The molecule has 160 valence electrons. The minimum absolute atomic E-state index is 0.233. The maximum atomic E-state index is 12.1. The first kappa shape index (κ1) is 22.4. The number of rotatable bonds is 11. The molecule has 2 aromatic carbocycles. The third-order valence-electron chi connectivity index (χ3n) is 4.98. The van der Waals surface area contributed by atoms with Gasteiger partial charge < -0.3 is 10.1 Å². The Hall–Kier alpha value is -2.25. The van der Waals surface area contributed by atoms with E-state index in [-0.39, 0.29) is 6.04 Å². The van der Waals surface area contributed by atoms with E-state index in [2.05, 4.69) is 28.3 Å². The van der Waals surface area contributed by atoms with E-state index in [4.69, 9.17) is 4.74 Å². The van der Waals surface area contributed by atoms with Crippen LogP contribution < -0.4 is 10.0 Å². The van der Waals surface area contributed by atoms with Crippen LogP contribution in [0.2, 0.25) is 0 Å². The summed E-state index contributed by atoms with van der Waals surface area (Å²) in [6.07, 6.45) is 9.66. The summed E-state index contributed by atoms with van der Waals surface area (Å²) in [6.45, 7) is 1.79. The van der Waals surface area contributed by atoms with Gasteiger partial charge in [-0.25, -0.2) is 13.1 Å². The molecule has 1 aliphatic carbocycles. The van der Waals surface area contributed by atoms with Crippen molar-refractivity contribution in [1.29, 1.82) is 0 Å². The van der Waals surface area contributed by atoms with E-state index in [0.717, 1.165) is 24.0 Å². The van der Waals surface area contributed by atoms with Gasteiger partial charge in [0.05, 0.1) is 31.6 Å². The SMILES string of the molecule is CS(=O)(=O)N[C@H](c1ccccc1)[C@H](NCCOCC1=CCC=CC1)c1ccccc1. The number of hydrogen-bond acceptors (Lipinski definition) is 4. The Morgan fingerprint density at radius 2 is 1.57 bits per heavy atom. The van der Waals surface area contributed by atoms with Crippen molar-refractivity contribution in [3.8, 4) is 0 Å². The molecule has 0 unspecified atom stereocenters. The average molecular weight is 427 g/mol. The lowest BCUT2D eigenvalue weighted by Gasteiger charge is -2.29. The highest BCUT2D eigenvalue weighted by atomic mass is 32.2. The molecule has 1 aliphatic rings. The normalized spacial score (nSPS) is 16.1. The lowest BCUT2D eigenvalue weighted by atomic mass is 9.94. The Bertz CT molecular complexity index is 941. The minimum atomic E-state index is -3.41. The zero-order valence-electron chi connectivity index (χ0n) is 17.3. The summed E-state index contributed by atoms with van der Waals surface area (Å²) >= 11 is 0. The summed E-state index contributed by atoms with van der Waals surface area (Å²) in [6, 6.07) is 18.9. The number of ether oxygens (including phenoxy) is 1. The lowest BCUT2D eigenvalue weighted by molar-refractivity contribution is 0.152. The minimum Gasteiger partial charge on any atom is -0.376 e. The summed E-state index contributed by atoms with van der Waals surface area (Å²) in [4.78, 5) is 0. The number of benzene rings is 2. The maximum absolute atomic E-state index is 12.1. The number of nitrogens with one attached hydrogen (secondary N) is 2. The molecule has 0 fully saturated rings. The molecule has 2 N–H and O–H groups in total. The maximum Gasteiger partial charge on any atom is 0.209 e. The van der Waals surface area contributed by atoms with Crippen molar-refractivity contribution in [3.05, 3.63) is 95.6 Å². The molecule has 0 radical (unpaired) electrons. The Kier molecular flexibility index (Phi) is 8.39. The average Bonchev–Trinajstić information content (AvgIpc) is 2.76. The second kappa shape index (κ2) is 11.2. The van der Waals surface area contributed by atoms with Gasteiger partial charge in [0.25, 0.3) is 0 Å². The van der Waals surface area contributed by atoms with Crippen LogP contribution in [-0.4, -0.2) is 34.4 Å². The smallest absolute Gasteiger partial charge is 0.209 e. The van der Waals surface area contributed by atoms with Crippen molar-refractivity contribution >= 4 is 10.0 Å². The number of allylic oxidation sites excluding steroid dienone is 3. The fraction of sp³-hybridized carbons (Fsp3) is 0.333. The first-order valence-electron chi connectivity index (χ1n) is 10.2. The molecule has 0 aliphatic heterocycles. The predicted octanol–water partition coefficient (Wildman–Crippen LogP) is 3.90. The van der Waals surface area contributed by atoms with E-state index in [1.54, 1.807) is 0 Å². The van der Waals surface area contributed by atoms with Crippen molar-refractivity contribution in [2.24, 2.45) is 0 Å². The van der Waals surface area contributed by atoms with Crippen LogP contribution in [0, 0.1) is 0 Å². The van der Waals surface area contributed by atoms with Crippen LogP contribution in [0.25, 0.3) is 0 Å². The first-order chi connectivity index (χ1) is 14.5. The Balaban J connectivity index is 1.71. The van der Waals surface area contributed by atoms with Crippen LogP contribution in [0.3, 0.4) is 0 Å². The molecule has 2 aromatic rings. The molecule has 0 heterocycles. The van der Waals surface area contributed by atoms with Crippen LogP contribution in [0.15, 0.2) is 84.5 Å². The fourth-order valence-electron chi connectivity index (χ4n) is 3.56. The second-order valence-corrected chi connectivity index (χ2v) is 9.23. The third-order valence-corrected chi connectivity index (χ3v) is 5.66. The molecular weight excluding hydrogens is 396 g/mol. The van der Waals surface area contributed by atoms with Gasteiger partial charge in [0, 0.05) is 6.54 Å². The van der Waals surface area contributed by atoms with Crippen molar-refractivity contribution in [2.75, 3.05) is 26.0 Å². The monoisotopic (exact) mass is 426 g/mol. The first-order valence-corrected chi connectivity index (χ1v) is 12.1. The molecule has 30 heavy (non-hydrogen) atoms. The molecule has 2 atom stereocenters. The highest BCUT2D eigenvalue weighted by molar-refractivity contribution is 7.88. The highest BCUT2D eigenvalue weighted by Crippen LogP contribution is 2.29. The van der Waals surface area contributed by atoms with E-state index in [9.17, 15) is 8.42 Å².